The van der Waals surface area contributed by atoms with Crippen LogP contribution in [0, 0.1) is 0 Å². The molecule has 1 saturated heterocycles. The summed E-state index contributed by atoms with van der Waals surface area (Å²) in [6, 6.07) is 0. The standard InChI is InChI=1S/C6H12O3S/c1-10-6-2-4(8)5(3-7)9-6/h4-8H,2-3H2,1H3. The molecule has 0 aliphatic carbocycles. The van der Waals surface area contributed by atoms with Crippen LogP contribution < -0.4 is 0 Å². The fourth-order valence-electron chi connectivity index (χ4n) is 1.01. The molecular formula is C6H12O3S. The van der Waals surface area contributed by atoms with Crippen molar-refractivity contribution in [3.63, 3.8) is 0 Å². The molecular weight excluding hydrogens is 152 g/mol. The van der Waals surface area contributed by atoms with Gasteiger partial charge in [0.1, 0.15) is 11.5 Å². The van der Waals surface area contributed by atoms with Crippen molar-refractivity contribution in [1.29, 1.82) is 0 Å². The number of hydrogen-bond donors (Lipinski definition) is 2. The molecule has 0 aromatic rings. The Hall–Kier alpha value is 0.230. The Morgan fingerprint density at radius 3 is 2.70 bits per heavy atom. The zero-order valence-corrected chi connectivity index (χ0v) is 6.67. The van der Waals surface area contributed by atoms with E-state index in [1.165, 1.54) is 0 Å². The summed E-state index contributed by atoms with van der Waals surface area (Å²) in [6.45, 7) is -0.0851. The lowest BCUT2D eigenvalue weighted by molar-refractivity contribution is -0.00242. The van der Waals surface area contributed by atoms with Gasteiger partial charge < -0.3 is 14.9 Å². The number of hydrogen-bond acceptors (Lipinski definition) is 4. The zero-order chi connectivity index (χ0) is 7.56. The zero-order valence-electron chi connectivity index (χ0n) is 5.86. The van der Waals surface area contributed by atoms with E-state index < -0.39 is 6.10 Å². The predicted octanol–water partition coefficient (Wildman–Crippen LogP) is -0.182. The lowest BCUT2D eigenvalue weighted by Crippen LogP contribution is -2.24. The van der Waals surface area contributed by atoms with Gasteiger partial charge in [-0.15, -0.1) is 11.8 Å². The molecule has 2 N–H and O–H groups in total. The molecule has 1 heterocycles. The highest BCUT2D eigenvalue weighted by atomic mass is 32.2. The molecule has 0 spiro atoms. The quantitative estimate of drug-likeness (QED) is 0.594. The van der Waals surface area contributed by atoms with Gasteiger partial charge in [0.2, 0.25) is 0 Å². The van der Waals surface area contributed by atoms with E-state index in [1.807, 2.05) is 6.26 Å². The van der Waals surface area contributed by atoms with Crippen LogP contribution in [-0.4, -0.2) is 40.7 Å². The Kier molecular flexibility index (Phi) is 2.97. The summed E-state index contributed by atoms with van der Waals surface area (Å²) in [7, 11) is 0. The summed E-state index contributed by atoms with van der Waals surface area (Å²) in [5.74, 6) is 0. The summed E-state index contributed by atoms with van der Waals surface area (Å²) < 4.78 is 5.23. The number of aliphatic hydroxyl groups excluding tert-OH is 2. The summed E-state index contributed by atoms with van der Waals surface area (Å²) in [5.41, 5.74) is 0.0622. The maximum atomic E-state index is 9.19. The van der Waals surface area contributed by atoms with Gasteiger partial charge in [-0.1, -0.05) is 0 Å². The van der Waals surface area contributed by atoms with Gasteiger partial charge >= 0.3 is 0 Å². The molecule has 1 rings (SSSR count). The third-order valence-electron chi connectivity index (χ3n) is 1.63. The van der Waals surface area contributed by atoms with Crippen LogP contribution in [0.5, 0.6) is 0 Å². The molecule has 1 aliphatic rings. The molecule has 3 unspecified atom stereocenters. The van der Waals surface area contributed by atoms with Crippen LogP contribution in [0.1, 0.15) is 6.42 Å². The number of rotatable bonds is 2. The number of ether oxygens (including phenoxy) is 1. The Balaban J connectivity index is 2.36. The summed E-state index contributed by atoms with van der Waals surface area (Å²) >= 11 is 1.56. The summed E-state index contributed by atoms with van der Waals surface area (Å²) in [6.07, 6.45) is 1.71. The molecule has 0 saturated carbocycles. The highest BCUT2D eigenvalue weighted by molar-refractivity contribution is 7.99. The highest BCUT2D eigenvalue weighted by Crippen LogP contribution is 2.26. The van der Waals surface area contributed by atoms with Crippen LogP contribution in [0.2, 0.25) is 0 Å². The SMILES string of the molecule is CSC1CC(O)C(CO)O1. The monoisotopic (exact) mass is 164 g/mol. The van der Waals surface area contributed by atoms with Crippen molar-refractivity contribution in [3.8, 4) is 0 Å². The van der Waals surface area contributed by atoms with E-state index >= 15 is 0 Å². The molecule has 0 amide bonds. The fraction of sp³-hybridized carbons (Fsp3) is 1.00. The van der Waals surface area contributed by atoms with Crippen molar-refractivity contribution in [2.45, 2.75) is 24.1 Å². The molecule has 3 nitrogen and oxygen atoms in total. The second-order valence-electron chi connectivity index (χ2n) is 2.33. The summed E-state index contributed by atoms with van der Waals surface area (Å²) in [4.78, 5) is 0. The van der Waals surface area contributed by atoms with Crippen molar-refractivity contribution >= 4 is 11.8 Å². The molecule has 1 fully saturated rings. The van der Waals surface area contributed by atoms with E-state index in [0.29, 0.717) is 6.42 Å². The molecule has 0 aromatic carbocycles. The van der Waals surface area contributed by atoms with Crippen molar-refractivity contribution < 1.29 is 14.9 Å². The van der Waals surface area contributed by atoms with Gasteiger partial charge in [0.05, 0.1) is 12.7 Å². The van der Waals surface area contributed by atoms with Crippen molar-refractivity contribution in [3.05, 3.63) is 0 Å². The predicted molar refractivity (Wildman–Crippen MR) is 39.9 cm³/mol. The maximum absolute atomic E-state index is 9.19. The molecule has 60 valence electrons. The molecule has 0 bridgehead atoms. The van der Waals surface area contributed by atoms with Crippen molar-refractivity contribution in [2.24, 2.45) is 0 Å². The molecule has 4 heteroatoms. The average Bonchev–Trinajstić information content (AvgIpc) is 2.30. The van der Waals surface area contributed by atoms with E-state index in [2.05, 4.69) is 0 Å². The molecule has 10 heavy (non-hydrogen) atoms. The van der Waals surface area contributed by atoms with Gasteiger partial charge in [-0.25, -0.2) is 0 Å². The molecule has 3 atom stereocenters. The molecule has 0 aromatic heterocycles. The minimum atomic E-state index is -0.484. The lowest BCUT2D eigenvalue weighted by atomic mass is 10.2. The van der Waals surface area contributed by atoms with Crippen LogP contribution in [0.15, 0.2) is 0 Å². The van der Waals surface area contributed by atoms with Gasteiger partial charge in [-0.3, -0.25) is 0 Å². The number of thioether (sulfide) groups is 1. The first kappa shape index (κ1) is 8.33. The highest BCUT2D eigenvalue weighted by Gasteiger charge is 2.32. The number of aliphatic hydroxyl groups is 2. The van der Waals surface area contributed by atoms with Gasteiger partial charge in [-0.2, -0.15) is 0 Å². The topological polar surface area (TPSA) is 49.7 Å². The van der Waals surface area contributed by atoms with E-state index in [9.17, 15) is 5.11 Å². The van der Waals surface area contributed by atoms with E-state index in [4.69, 9.17) is 9.84 Å². The normalized spacial score (nSPS) is 40.5. The van der Waals surface area contributed by atoms with Gasteiger partial charge in [0.15, 0.2) is 0 Å². The maximum Gasteiger partial charge on any atom is 0.108 e. The van der Waals surface area contributed by atoms with E-state index in [-0.39, 0.29) is 18.1 Å². The van der Waals surface area contributed by atoms with Crippen LogP contribution in [0.4, 0.5) is 0 Å². The van der Waals surface area contributed by atoms with Crippen molar-refractivity contribution in [1.82, 2.24) is 0 Å². The first-order chi connectivity index (χ1) is 4.77. The third-order valence-corrected chi connectivity index (χ3v) is 2.46. The van der Waals surface area contributed by atoms with Crippen LogP contribution in [0.25, 0.3) is 0 Å². The Labute approximate surface area is 64.4 Å². The minimum absolute atomic E-state index is 0.0622. The lowest BCUT2D eigenvalue weighted by Gasteiger charge is -2.09. The fourth-order valence-corrected chi connectivity index (χ4v) is 1.65. The van der Waals surface area contributed by atoms with Gasteiger partial charge in [-0.05, 0) is 6.26 Å². The smallest absolute Gasteiger partial charge is 0.108 e. The summed E-state index contributed by atoms with van der Waals surface area (Å²) in [5, 5.41) is 17.8. The average molecular weight is 164 g/mol. The van der Waals surface area contributed by atoms with Crippen LogP contribution in [0.3, 0.4) is 0 Å². The molecule has 1 aliphatic heterocycles. The minimum Gasteiger partial charge on any atom is -0.394 e. The van der Waals surface area contributed by atoms with Gasteiger partial charge in [0.25, 0.3) is 0 Å². The van der Waals surface area contributed by atoms with E-state index in [0.717, 1.165) is 0 Å². The second-order valence-corrected chi connectivity index (χ2v) is 3.32. The van der Waals surface area contributed by atoms with Crippen LogP contribution in [-0.2, 0) is 4.74 Å². The molecule has 0 radical (unpaired) electrons. The Bertz CT molecular complexity index is 109. The van der Waals surface area contributed by atoms with Crippen LogP contribution >= 0.6 is 11.8 Å². The van der Waals surface area contributed by atoms with E-state index in [1.54, 1.807) is 11.8 Å². The second kappa shape index (κ2) is 3.57. The van der Waals surface area contributed by atoms with Gasteiger partial charge in [0, 0.05) is 6.42 Å². The third kappa shape index (κ3) is 1.63. The Morgan fingerprint density at radius 2 is 2.40 bits per heavy atom. The first-order valence-electron chi connectivity index (χ1n) is 3.25. The first-order valence-corrected chi connectivity index (χ1v) is 4.54. The van der Waals surface area contributed by atoms with Crippen molar-refractivity contribution in [2.75, 3.05) is 12.9 Å². The largest absolute Gasteiger partial charge is 0.394 e. The Morgan fingerprint density at radius 1 is 1.70 bits per heavy atom.